The van der Waals surface area contributed by atoms with E-state index in [2.05, 4.69) is 30.3 Å². The third kappa shape index (κ3) is 3.67. The number of aliphatic hydroxyl groups is 1. The molecule has 1 N–H and O–H groups in total. The van der Waals surface area contributed by atoms with Gasteiger partial charge >= 0.3 is 6.09 Å². The van der Waals surface area contributed by atoms with E-state index in [0.717, 1.165) is 5.56 Å². The summed E-state index contributed by atoms with van der Waals surface area (Å²) < 4.78 is 11.7. The van der Waals surface area contributed by atoms with E-state index < -0.39 is 5.60 Å². The summed E-state index contributed by atoms with van der Waals surface area (Å²) >= 11 is 0. The van der Waals surface area contributed by atoms with Crippen LogP contribution in [0, 0.1) is 18.3 Å². The van der Waals surface area contributed by atoms with Gasteiger partial charge < -0.3 is 14.6 Å². The fraction of sp³-hybridized carbons (Fsp3) is 0.333. The van der Waals surface area contributed by atoms with Gasteiger partial charge in [0, 0.05) is 24.3 Å². The second-order valence-corrected chi connectivity index (χ2v) is 10.2. The molecule has 2 heterocycles. The minimum Gasteiger partial charge on any atom is -0.448 e. The maximum atomic E-state index is 13.4. The normalized spacial score (nSPS) is 24.5. The minimum absolute atomic E-state index is 0.00934. The lowest BCUT2D eigenvalue weighted by molar-refractivity contribution is -0.136. The van der Waals surface area contributed by atoms with Gasteiger partial charge in [-0.25, -0.2) is 4.79 Å². The SMILES string of the molecule is Cc1ccc(C2(O)CC3COCC(C2)N3C(=O)OCC2c3ccccc3-c3ccccc32)c(C#N)c1. The number of piperidine rings is 1. The van der Waals surface area contributed by atoms with Gasteiger partial charge in [0.2, 0.25) is 0 Å². The van der Waals surface area contributed by atoms with E-state index >= 15 is 0 Å². The van der Waals surface area contributed by atoms with Crippen molar-refractivity contribution in [1.82, 2.24) is 4.90 Å². The number of nitriles is 1. The van der Waals surface area contributed by atoms with Crippen molar-refractivity contribution in [1.29, 1.82) is 5.26 Å². The van der Waals surface area contributed by atoms with Gasteiger partial charge in [0.25, 0.3) is 0 Å². The highest BCUT2D eigenvalue weighted by Gasteiger charge is 2.50. The molecule has 3 aliphatic rings. The molecule has 0 spiro atoms. The van der Waals surface area contributed by atoms with Gasteiger partial charge in [0.1, 0.15) is 6.61 Å². The number of morpholine rings is 1. The Labute approximate surface area is 210 Å². The highest BCUT2D eigenvalue weighted by atomic mass is 16.6. The molecule has 1 aliphatic carbocycles. The Balaban J connectivity index is 1.22. The topological polar surface area (TPSA) is 82.8 Å². The first-order valence-corrected chi connectivity index (χ1v) is 12.4. The molecule has 1 amide bonds. The predicted octanol–water partition coefficient (Wildman–Crippen LogP) is 4.87. The molecule has 6 heteroatoms. The van der Waals surface area contributed by atoms with Crippen molar-refractivity contribution in [2.75, 3.05) is 19.8 Å². The van der Waals surface area contributed by atoms with E-state index in [1.54, 1.807) is 11.0 Å². The van der Waals surface area contributed by atoms with Gasteiger partial charge in [-0.15, -0.1) is 0 Å². The largest absolute Gasteiger partial charge is 0.448 e. The smallest absolute Gasteiger partial charge is 0.410 e. The Bertz CT molecular complexity index is 1320. The monoisotopic (exact) mass is 480 g/mol. The zero-order valence-corrected chi connectivity index (χ0v) is 20.2. The van der Waals surface area contributed by atoms with Crippen LogP contribution in [-0.2, 0) is 15.1 Å². The molecule has 6 rings (SSSR count). The number of hydrogen-bond donors (Lipinski definition) is 1. The molecule has 0 aromatic heterocycles. The molecule has 0 radical (unpaired) electrons. The Kier molecular flexibility index (Phi) is 5.55. The molecule has 2 bridgehead atoms. The van der Waals surface area contributed by atoms with Crippen molar-refractivity contribution in [3.8, 4) is 17.2 Å². The first kappa shape index (κ1) is 22.8. The molecule has 2 unspecified atom stereocenters. The third-order valence-electron chi connectivity index (χ3n) is 7.90. The van der Waals surface area contributed by atoms with E-state index in [1.165, 1.54) is 22.3 Å². The summed E-state index contributed by atoms with van der Waals surface area (Å²) in [5.74, 6) is -0.00934. The predicted molar refractivity (Wildman–Crippen MR) is 134 cm³/mol. The van der Waals surface area contributed by atoms with Gasteiger partial charge in [-0.2, -0.15) is 5.26 Å². The second kappa shape index (κ2) is 8.77. The molecular weight excluding hydrogens is 452 g/mol. The zero-order valence-electron chi connectivity index (χ0n) is 20.2. The fourth-order valence-corrected chi connectivity index (χ4v) is 6.32. The summed E-state index contributed by atoms with van der Waals surface area (Å²) in [5, 5.41) is 21.4. The number of aryl methyl sites for hydroxylation is 1. The number of carbonyl (C=O) groups excluding carboxylic acids is 1. The Morgan fingerprint density at radius 1 is 1.06 bits per heavy atom. The number of hydrogen-bond acceptors (Lipinski definition) is 5. The van der Waals surface area contributed by atoms with Crippen LogP contribution in [-0.4, -0.2) is 48.0 Å². The zero-order chi connectivity index (χ0) is 24.9. The van der Waals surface area contributed by atoms with Crippen LogP contribution in [0.25, 0.3) is 11.1 Å². The lowest BCUT2D eigenvalue weighted by Gasteiger charge is -2.51. The van der Waals surface area contributed by atoms with Crippen LogP contribution < -0.4 is 0 Å². The van der Waals surface area contributed by atoms with E-state index in [-0.39, 0.29) is 30.7 Å². The van der Waals surface area contributed by atoms with Crippen LogP contribution >= 0.6 is 0 Å². The molecule has 3 aromatic carbocycles. The fourth-order valence-electron chi connectivity index (χ4n) is 6.32. The molecule has 2 fully saturated rings. The first-order chi connectivity index (χ1) is 17.5. The van der Waals surface area contributed by atoms with Gasteiger partial charge in [-0.3, -0.25) is 4.90 Å². The summed E-state index contributed by atoms with van der Waals surface area (Å²) in [4.78, 5) is 15.2. The molecule has 182 valence electrons. The van der Waals surface area contributed by atoms with Gasteiger partial charge in [-0.1, -0.05) is 60.7 Å². The molecule has 6 nitrogen and oxygen atoms in total. The molecule has 2 saturated heterocycles. The minimum atomic E-state index is -1.20. The van der Waals surface area contributed by atoms with E-state index in [0.29, 0.717) is 37.2 Å². The highest BCUT2D eigenvalue weighted by Crippen LogP contribution is 2.45. The number of benzene rings is 3. The van der Waals surface area contributed by atoms with Crippen LogP contribution in [0.1, 0.15) is 46.6 Å². The molecule has 0 saturated carbocycles. The Hall–Kier alpha value is -3.66. The second-order valence-electron chi connectivity index (χ2n) is 10.2. The number of nitrogens with zero attached hydrogens (tertiary/aromatic N) is 2. The summed E-state index contributed by atoms with van der Waals surface area (Å²) in [6.07, 6.45) is 0.221. The van der Waals surface area contributed by atoms with Crippen LogP contribution in [0.5, 0.6) is 0 Å². The summed E-state index contributed by atoms with van der Waals surface area (Å²) in [5.41, 5.74) is 5.60. The Morgan fingerprint density at radius 3 is 2.28 bits per heavy atom. The number of carbonyl (C=O) groups is 1. The van der Waals surface area contributed by atoms with E-state index in [1.807, 2.05) is 43.3 Å². The average Bonchev–Trinajstić information content (AvgIpc) is 3.20. The van der Waals surface area contributed by atoms with Crippen molar-refractivity contribution < 1.29 is 19.4 Å². The number of rotatable bonds is 3. The van der Waals surface area contributed by atoms with Crippen LogP contribution in [0.2, 0.25) is 0 Å². The van der Waals surface area contributed by atoms with Gasteiger partial charge in [0.05, 0.1) is 42.5 Å². The molecule has 3 aromatic rings. The van der Waals surface area contributed by atoms with Gasteiger partial charge in [0.15, 0.2) is 0 Å². The third-order valence-corrected chi connectivity index (χ3v) is 7.90. The van der Waals surface area contributed by atoms with Crippen molar-refractivity contribution in [2.45, 2.75) is 43.4 Å². The summed E-state index contributed by atoms with van der Waals surface area (Å²) in [6, 6.07) is 23.7. The first-order valence-electron chi connectivity index (χ1n) is 12.4. The lowest BCUT2D eigenvalue weighted by Crippen LogP contribution is -2.62. The van der Waals surface area contributed by atoms with Crippen LogP contribution in [0.15, 0.2) is 66.7 Å². The van der Waals surface area contributed by atoms with Crippen LogP contribution in [0.3, 0.4) is 0 Å². The molecular formula is C30H28N2O4. The van der Waals surface area contributed by atoms with E-state index in [4.69, 9.17) is 9.47 Å². The quantitative estimate of drug-likeness (QED) is 0.579. The summed E-state index contributed by atoms with van der Waals surface area (Å²) in [7, 11) is 0. The molecule has 2 aliphatic heterocycles. The molecule has 36 heavy (non-hydrogen) atoms. The molecule has 2 atom stereocenters. The average molecular weight is 481 g/mol. The van der Waals surface area contributed by atoms with Crippen molar-refractivity contribution in [2.24, 2.45) is 0 Å². The summed E-state index contributed by atoms with van der Waals surface area (Å²) in [6.45, 7) is 2.84. The Morgan fingerprint density at radius 2 is 1.67 bits per heavy atom. The van der Waals surface area contributed by atoms with Crippen molar-refractivity contribution in [3.63, 3.8) is 0 Å². The maximum absolute atomic E-state index is 13.4. The lowest BCUT2D eigenvalue weighted by atomic mass is 9.75. The standard InChI is InChI=1S/C30H28N2O4/c1-19-10-11-28(20(12-19)15-31)30(34)13-21-16-35-17-22(14-30)32(21)29(33)36-18-27-25-8-4-2-6-23(25)24-7-3-5-9-26(24)27/h2-12,21-22,27,34H,13-14,16-18H2,1H3. The number of amides is 1. The number of fused-ring (bicyclic) bond motifs is 5. The van der Waals surface area contributed by atoms with Gasteiger partial charge in [-0.05, 0) is 40.8 Å². The highest BCUT2D eigenvalue weighted by molar-refractivity contribution is 5.79. The number of ether oxygens (including phenoxy) is 2. The maximum Gasteiger partial charge on any atom is 0.410 e. The van der Waals surface area contributed by atoms with E-state index in [9.17, 15) is 15.2 Å². The van der Waals surface area contributed by atoms with Crippen molar-refractivity contribution in [3.05, 3.63) is 94.5 Å². The van der Waals surface area contributed by atoms with Crippen molar-refractivity contribution >= 4 is 6.09 Å². The van der Waals surface area contributed by atoms with Crippen LogP contribution in [0.4, 0.5) is 4.79 Å².